The molecule has 0 saturated carbocycles. The topological polar surface area (TPSA) is 39.0 Å². The van der Waals surface area contributed by atoms with Gasteiger partial charge in [-0.3, -0.25) is 9.13 Å². The van der Waals surface area contributed by atoms with Crippen molar-refractivity contribution in [1.29, 1.82) is 0 Å². The number of nitrogens with zero attached hydrogens (tertiary/aromatic N) is 2. The van der Waals surface area contributed by atoms with Crippen LogP contribution in [-0.2, 0) is 6.54 Å². The minimum atomic E-state index is 0.0736. The van der Waals surface area contributed by atoms with Crippen molar-refractivity contribution in [3.8, 4) is 0 Å². The van der Waals surface area contributed by atoms with Gasteiger partial charge in [0.1, 0.15) is 0 Å². The second-order valence-electron chi connectivity index (χ2n) is 5.94. The first-order chi connectivity index (χ1) is 7.77. The number of hydrogen-bond donors (Lipinski definition) is 1. The summed E-state index contributed by atoms with van der Waals surface area (Å²) >= 11 is 0. The van der Waals surface area contributed by atoms with Gasteiger partial charge in [-0.25, -0.2) is 4.79 Å². The van der Waals surface area contributed by atoms with Crippen LogP contribution in [0.3, 0.4) is 0 Å². The van der Waals surface area contributed by atoms with Crippen molar-refractivity contribution in [3.05, 3.63) is 22.9 Å². The fourth-order valence-corrected chi connectivity index (χ4v) is 1.95. The Morgan fingerprint density at radius 3 is 2.24 bits per heavy atom. The van der Waals surface area contributed by atoms with E-state index in [1.165, 1.54) is 0 Å². The predicted octanol–water partition coefficient (Wildman–Crippen LogP) is 1.86. The summed E-state index contributed by atoms with van der Waals surface area (Å²) in [7, 11) is 1.94. The van der Waals surface area contributed by atoms with Crippen LogP contribution in [0.5, 0.6) is 0 Å². The third-order valence-corrected chi connectivity index (χ3v) is 3.20. The molecule has 1 atom stereocenters. The van der Waals surface area contributed by atoms with E-state index >= 15 is 0 Å². The number of aromatic nitrogens is 2. The molecule has 0 radical (unpaired) electrons. The summed E-state index contributed by atoms with van der Waals surface area (Å²) < 4.78 is 3.54. The molecule has 17 heavy (non-hydrogen) atoms. The van der Waals surface area contributed by atoms with E-state index in [-0.39, 0.29) is 23.2 Å². The summed E-state index contributed by atoms with van der Waals surface area (Å²) in [6.45, 7) is 11.3. The van der Waals surface area contributed by atoms with Gasteiger partial charge in [-0.2, -0.15) is 0 Å². The lowest BCUT2D eigenvalue weighted by Gasteiger charge is -2.30. The summed E-state index contributed by atoms with van der Waals surface area (Å²) in [4.78, 5) is 12.1. The van der Waals surface area contributed by atoms with E-state index in [4.69, 9.17) is 0 Å². The van der Waals surface area contributed by atoms with Crippen LogP contribution in [0.25, 0.3) is 0 Å². The molecule has 1 heterocycles. The number of likely N-dealkylation sites (N-methyl/N-ethyl adjacent to an activating group) is 1. The number of nitrogens with one attached hydrogen (secondary N) is 1. The van der Waals surface area contributed by atoms with E-state index < -0.39 is 0 Å². The molecule has 0 fully saturated rings. The van der Waals surface area contributed by atoms with Crippen molar-refractivity contribution in [2.24, 2.45) is 5.41 Å². The van der Waals surface area contributed by atoms with Crippen molar-refractivity contribution in [2.75, 3.05) is 7.05 Å². The van der Waals surface area contributed by atoms with Crippen LogP contribution in [0, 0.1) is 5.41 Å². The van der Waals surface area contributed by atoms with Crippen LogP contribution < -0.4 is 11.0 Å². The zero-order valence-electron chi connectivity index (χ0n) is 11.8. The smallest absolute Gasteiger partial charge is 0.315 e. The standard InChI is InChI=1S/C13H25N3O/c1-10(2)16-8-7-15(12(16)17)9-11(14-6)13(3,4)5/h7-8,10-11,14H,9H2,1-6H3. The first-order valence-corrected chi connectivity index (χ1v) is 6.22. The van der Waals surface area contributed by atoms with Crippen molar-refractivity contribution < 1.29 is 0 Å². The fraction of sp³-hybridized carbons (Fsp3) is 0.769. The highest BCUT2D eigenvalue weighted by atomic mass is 16.1. The van der Waals surface area contributed by atoms with Crippen LogP contribution in [-0.4, -0.2) is 22.2 Å². The second-order valence-corrected chi connectivity index (χ2v) is 5.94. The molecule has 1 unspecified atom stereocenters. The van der Waals surface area contributed by atoms with Gasteiger partial charge in [0.2, 0.25) is 0 Å². The van der Waals surface area contributed by atoms with Gasteiger partial charge >= 0.3 is 5.69 Å². The predicted molar refractivity (Wildman–Crippen MR) is 71.4 cm³/mol. The zero-order valence-corrected chi connectivity index (χ0v) is 11.8. The molecule has 1 aromatic rings. The van der Waals surface area contributed by atoms with Crippen LogP contribution in [0.15, 0.2) is 17.2 Å². The Morgan fingerprint density at radius 1 is 1.29 bits per heavy atom. The fourth-order valence-electron chi connectivity index (χ4n) is 1.95. The maximum absolute atomic E-state index is 12.1. The van der Waals surface area contributed by atoms with Crippen molar-refractivity contribution in [3.63, 3.8) is 0 Å². The number of hydrogen-bond acceptors (Lipinski definition) is 2. The molecule has 0 bridgehead atoms. The first kappa shape index (κ1) is 14.0. The van der Waals surface area contributed by atoms with Gasteiger partial charge < -0.3 is 5.32 Å². The van der Waals surface area contributed by atoms with Crippen molar-refractivity contribution in [2.45, 2.75) is 53.2 Å². The lowest BCUT2D eigenvalue weighted by Crippen LogP contribution is -2.43. The van der Waals surface area contributed by atoms with Gasteiger partial charge in [-0.1, -0.05) is 20.8 Å². The van der Waals surface area contributed by atoms with E-state index in [0.717, 1.165) is 0 Å². The molecule has 0 saturated heterocycles. The Bertz CT molecular complexity index is 409. The quantitative estimate of drug-likeness (QED) is 0.871. The monoisotopic (exact) mass is 239 g/mol. The highest BCUT2D eigenvalue weighted by Crippen LogP contribution is 2.19. The molecule has 4 nitrogen and oxygen atoms in total. The van der Waals surface area contributed by atoms with Gasteiger partial charge in [0, 0.05) is 31.0 Å². The average Bonchev–Trinajstić information content (AvgIpc) is 2.54. The lowest BCUT2D eigenvalue weighted by atomic mass is 9.87. The zero-order chi connectivity index (χ0) is 13.2. The molecule has 4 heteroatoms. The molecule has 1 rings (SSSR count). The molecule has 1 N–H and O–H groups in total. The van der Waals surface area contributed by atoms with Crippen LogP contribution in [0.1, 0.15) is 40.7 Å². The SMILES string of the molecule is CNC(Cn1ccn(C(C)C)c1=O)C(C)(C)C. The Hall–Kier alpha value is -1.03. The van der Waals surface area contributed by atoms with Crippen molar-refractivity contribution >= 4 is 0 Å². The highest BCUT2D eigenvalue weighted by molar-refractivity contribution is 4.88. The lowest BCUT2D eigenvalue weighted by molar-refractivity contribution is 0.251. The van der Waals surface area contributed by atoms with Gasteiger partial charge in [0.25, 0.3) is 0 Å². The summed E-state index contributed by atoms with van der Waals surface area (Å²) in [6, 6.07) is 0.495. The van der Waals surface area contributed by atoms with E-state index in [0.29, 0.717) is 6.54 Å². The summed E-state index contributed by atoms with van der Waals surface area (Å²) in [6.07, 6.45) is 3.74. The van der Waals surface area contributed by atoms with Crippen molar-refractivity contribution in [1.82, 2.24) is 14.5 Å². The molecular weight excluding hydrogens is 214 g/mol. The summed E-state index contributed by atoms with van der Waals surface area (Å²) in [5.74, 6) is 0. The van der Waals surface area contributed by atoms with E-state index in [1.807, 2.05) is 33.3 Å². The third kappa shape index (κ3) is 3.22. The van der Waals surface area contributed by atoms with E-state index in [9.17, 15) is 4.79 Å². The van der Waals surface area contributed by atoms with Gasteiger partial charge in [-0.05, 0) is 26.3 Å². The highest BCUT2D eigenvalue weighted by Gasteiger charge is 2.24. The number of rotatable bonds is 4. The molecule has 0 aliphatic rings. The number of imidazole rings is 1. The maximum atomic E-state index is 12.1. The van der Waals surface area contributed by atoms with Gasteiger partial charge in [-0.15, -0.1) is 0 Å². The molecular formula is C13H25N3O. The summed E-state index contributed by atoms with van der Waals surface area (Å²) in [5, 5.41) is 3.29. The van der Waals surface area contributed by atoms with Gasteiger partial charge in [0.05, 0.1) is 0 Å². The molecule has 98 valence electrons. The molecule has 1 aromatic heterocycles. The largest absolute Gasteiger partial charge is 0.328 e. The Labute approximate surface area is 104 Å². The minimum Gasteiger partial charge on any atom is -0.315 e. The Morgan fingerprint density at radius 2 is 1.88 bits per heavy atom. The maximum Gasteiger partial charge on any atom is 0.328 e. The normalized spacial score (nSPS) is 14.3. The van der Waals surface area contributed by atoms with E-state index in [2.05, 4.69) is 26.1 Å². The Kier molecular flexibility index (Phi) is 4.20. The summed E-state index contributed by atoms with van der Waals surface area (Å²) in [5.41, 5.74) is 0.207. The Balaban J connectivity index is 2.92. The first-order valence-electron chi connectivity index (χ1n) is 6.22. The molecule has 0 aliphatic carbocycles. The molecule has 0 amide bonds. The van der Waals surface area contributed by atoms with Crippen LogP contribution in [0.4, 0.5) is 0 Å². The average molecular weight is 239 g/mol. The molecule has 0 aromatic carbocycles. The van der Waals surface area contributed by atoms with Crippen LogP contribution in [0.2, 0.25) is 0 Å². The van der Waals surface area contributed by atoms with Crippen LogP contribution >= 0.6 is 0 Å². The molecule has 0 aliphatic heterocycles. The minimum absolute atomic E-state index is 0.0736. The van der Waals surface area contributed by atoms with E-state index in [1.54, 1.807) is 9.13 Å². The van der Waals surface area contributed by atoms with Gasteiger partial charge in [0.15, 0.2) is 0 Å². The second kappa shape index (κ2) is 5.08. The third-order valence-electron chi connectivity index (χ3n) is 3.20. The molecule has 0 spiro atoms.